The van der Waals surface area contributed by atoms with Crippen molar-refractivity contribution in [3.05, 3.63) is 18.3 Å². The molecule has 7 nitrogen and oxygen atoms in total. The Labute approximate surface area is 144 Å². The molecule has 2 unspecified atom stereocenters. The SMILES string of the molecule is CN(CC(O)CN1CCOCC1)C1CCCN(c2cccnn2)C1. The van der Waals surface area contributed by atoms with Gasteiger partial charge in [-0.25, -0.2) is 0 Å². The molecule has 7 heteroatoms. The van der Waals surface area contributed by atoms with Crippen LogP contribution in [0.2, 0.25) is 0 Å². The van der Waals surface area contributed by atoms with Crippen LogP contribution in [0.3, 0.4) is 0 Å². The normalized spacial score (nSPS) is 24.3. The molecule has 3 heterocycles. The minimum absolute atomic E-state index is 0.319. The largest absolute Gasteiger partial charge is 0.390 e. The molecule has 0 bridgehead atoms. The van der Waals surface area contributed by atoms with Gasteiger partial charge in [0.15, 0.2) is 5.82 Å². The summed E-state index contributed by atoms with van der Waals surface area (Å²) >= 11 is 0. The first-order valence-corrected chi connectivity index (χ1v) is 8.93. The zero-order chi connectivity index (χ0) is 16.8. The fourth-order valence-corrected chi connectivity index (χ4v) is 3.61. The highest BCUT2D eigenvalue weighted by Gasteiger charge is 2.26. The van der Waals surface area contributed by atoms with Crippen LogP contribution in [-0.2, 0) is 4.74 Å². The van der Waals surface area contributed by atoms with Crippen LogP contribution in [0.25, 0.3) is 0 Å². The molecule has 0 spiro atoms. The second-order valence-electron chi connectivity index (χ2n) is 6.83. The Balaban J connectivity index is 1.47. The summed E-state index contributed by atoms with van der Waals surface area (Å²) in [5.74, 6) is 0.949. The molecule has 3 rings (SSSR count). The van der Waals surface area contributed by atoms with E-state index in [4.69, 9.17) is 4.74 Å². The third-order valence-corrected chi connectivity index (χ3v) is 4.97. The van der Waals surface area contributed by atoms with E-state index in [1.807, 2.05) is 12.1 Å². The average molecular weight is 335 g/mol. The monoisotopic (exact) mass is 335 g/mol. The minimum Gasteiger partial charge on any atom is -0.390 e. The Hall–Kier alpha value is -1.28. The Kier molecular flexibility index (Phi) is 6.37. The number of anilines is 1. The van der Waals surface area contributed by atoms with E-state index in [1.165, 1.54) is 0 Å². The lowest BCUT2D eigenvalue weighted by atomic mass is 10.0. The number of ether oxygens (including phenoxy) is 1. The van der Waals surface area contributed by atoms with Crippen molar-refractivity contribution in [3.63, 3.8) is 0 Å². The smallest absolute Gasteiger partial charge is 0.151 e. The van der Waals surface area contributed by atoms with Gasteiger partial charge in [-0.15, -0.1) is 5.10 Å². The first-order valence-electron chi connectivity index (χ1n) is 8.93. The van der Waals surface area contributed by atoms with Crippen LogP contribution in [0.1, 0.15) is 12.8 Å². The fourth-order valence-electron chi connectivity index (χ4n) is 3.61. The second-order valence-corrected chi connectivity index (χ2v) is 6.83. The molecule has 0 saturated carbocycles. The molecule has 134 valence electrons. The van der Waals surface area contributed by atoms with E-state index in [2.05, 4.69) is 31.9 Å². The quantitative estimate of drug-likeness (QED) is 0.789. The maximum atomic E-state index is 10.4. The van der Waals surface area contributed by atoms with Crippen molar-refractivity contribution in [3.8, 4) is 0 Å². The van der Waals surface area contributed by atoms with Crippen molar-refractivity contribution in [1.29, 1.82) is 0 Å². The van der Waals surface area contributed by atoms with Crippen molar-refractivity contribution in [2.75, 3.05) is 64.4 Å². The van der Waals surface area contributed by atoms with Gasteiger partial charge in [-0.2, -0.15) is 5.10 Å². The topological polar surface area (TPSA) is 65.0 Å². The molecule has 2 saturated heterocycles. The van der Waals surface area contributed by atoms with Gasteiger partial charge in [-0.05, 0) is 32.0 Å². The standard InChI is InChI=1S/C17H29N5O2/c1-20(13-16(23)14-21-8-10-24-11-9-21)15-4-3-7-22(12-15)17-5-2-6-18-19-17/h2,5-6,15-16,23H,3-4,7-14H2,1H3. The van der Waals surface area contributed by atoms with Crippen LogP contribution < -0.4 is 4.90 Å². The van der Waals surface area contributed by atoms with Crippen molar-refractivity contribution in [2.24, 2.45) is 0 Å². The van der Waals surface area contributed by atoms with Crippen LogP contribution in [0.4, 0.5) is 5.82 Å². The zero-order valence-corrected chi connectivity index (χ0v) is 14.5. The summed E-state index contributed by atoms with van der Waals surface area (Å²) in [6.45, 7) is 6.80. The Morgan fingerprint density at radius 3 is 2.96 bits per heavy atom. The Morgan fingerprint density at radius 2 is 2.21 bits per heavy atom. The predicted octanol–water partition coefficient (Wildman–Crippen LogP) is 0.0703. The van der Waals surface area contributed by atoms with Crippen molar-refractivity contribution < 1.29 is 9.84 Å². The maximum Gasteiger partial charge on any atom is 0.151 e. The number of piperidine rings is 1. The summed E-state index contributed by atoms with van der Waals surface area (Å²) in [5.41, 5.74) is 0. The summed E-state index contributed by atoms with van der Waals surface area (Å²) in [6.07, 6.45) is 3.70. The molecule has 2 aliphatic heterocycles. The molecule has 0 radical (unpaired) electrons. The number of aliphatic hydroxyl groups is 1. The molecule has 2 aliphatic rings. The van der Waals surface area contributed by atoms with Gasteiger partial charge in [0.2, 0.25) is 0 Å². The molecule has 2 fully saturated rings. The Morgan fingerprint density at radius 1 is 1.38 bits per heavy atom. The molecular formula is C17H29N5O2. The summed E-state index contributed by atoms with van der Waals surface area (Å²) in [6, 6.07) is 4.39. The van der Waals surface area contributed by atoms with Gasteiger partial charge < -0.3 is 14.7 Å². The number of aliphatic hydroxyl groups excluding tert-OH is 1. The highest BCUT2D eigenvalue weighted by molar-refractivity contribution is 5.37. The summed E-state index contributed by atoms with van der Waals surface area (Å²) < 4.78 is 5.36. The zero-order valence-electron chi connectivity index (χ0n) is 14.5. The first-order chi connectivity index (χ1) is 11.7. The maximum absolute atomic E-state index is 10.4. The average Bonchev–Trinajstić information content (AvgIpc) is 2.63. The number of hydrogen-bond donors (Lipinski definition) is 1. The highest BCUT2D eigenvalue weighted by Crippen LogP contribution is 2.19. The van der Waals surface area contributed by atoms with Crippen LogP contribution >= 0.6 is 0 Å². The van der Waals surface area contributed by atoms with E-state index in [-0.39, 0.29) is 6.10 Å². The molecule has 1 N–H and O–H groups in total. The number of rotatable bonds is 6. The lowest BCUT2D eigenvalue weighted by Crippen LogP contribution is -2.50. The van der Waals surface area contributed by atoms with Crippen molar-refractivity contribution in [2.45, 2.75) is 25.0 Å². The van der Waals surface area contributed by atoms with Gasteiger partial charge in [-0.1, -0.05) is 0 Å². The van der Waals surface area contributed by atoms with Crippen LogP contribution in [0.5, 0.6) is 0 Å². The van der Waals surface area contributed by atoms with Gasteiger partial charge in [0.05, 0.1) is 19.3 Å². The number of β-amino-alcohol motifs (C(OH)–C–C–N with tert-alkyl or cyclic N) is 1. The number of aromatic nitrogens is 2. The number of morpholine rings is 1. The molecule has 2 atom stereocenters. The molecule has 1 aromatic rings. The summed E-state index contributed by atoms with van der Waals surface area (Å²) in [4.78, 5) is 6.88. The van der Waals surface area contributed by atoms with Crippen molar-refractivity contribution >= 4 is 5.82 Å². The van der Waals surface area contributed by atoms with Gasteiger partial charge in [-0.3, -0.25) is 9.80 Å². The summed E-state index contributed by atoms with van der Waals surface area (Å²) in [5, 5.41) is 18.6. The number of hydrogen-bond acceptors (Lipinski definition) is 7. The fraction of sp³-hybridized carbons (Fsp3) is 0.765. The van der Waals surface area contributed by atoms with E-state index < -0.39 is 0 Å². The van der Waals surface area contributed by atoms with E-state index in [9.17, 15) is 5.11 Å². The predicted molar refractivity (Wildman–Crippen MR) is 93.2 cm³/mol. The third-order valence-electron chi connectivity index (χ3n) is 4.97. The van der Waals surface area contributed by atoms with E-state index in [0.717, 1.165) is 64.6 Å². The van der Waals surface area contributed by atoms with E-state index >= 15 is 0 Å². The minimum atomic E-state index is -0.319. The molecule has 0 aromatic carbocycles. The van der Waals surface area contributed by atoms with Crippen molar-refractivity contribution in [1.82, 2.24) is 20.0 Å². The van der Waals surface area contributed by atoms with Crippen LogP contribution in [0.15, 0.2) is 18.3 Å². The second kappa shape index (κ2) is 8.71. The van der Waals surface area contributed by atoms with Gasteiger partial charge >= 0.3 is 0 Å². The molecular weight excluding hydrogens is 306 g/mol. The lowest BCUT2D eigenvalue weighted by Gasteiger charge is -2.39. The first kappa shape index (κ1) is 17.5. The number of likely N-dealkylation sites (N-methyl/N-ethyl adjacent to an activating group) is 1. The van der Waals surface area contributed by atoms with E-state index in [0.29, 0.717) is 12.6 Å². The van der Waals surface area contributed by atoms with Crippen LogP contribution in [-0.4, -0.2) is 96.8 Å². The summed E-state index contributed by atoms with van der Waals surface area (Å²) in [7, 11) is 2.12. The molecule has 0 aliphatic carbocycles. The van der Waals surface area contributed by atoms with Gasteiger partial charge in [0.25, 0.3) is 0 Å². The molecule has 0 amide bonds. The van der Waals surface area contributed by atoms with E-state index in [1.54, 1.807) is 6.20 Å². The lowest BCUT2D eigenvalue weighted by molar-refractivity contribution is 0.00529. The highest BCUT2D eigenvalue weighted by atomic mass is 16.5. The molecule has 1 aromatic heterocycles. The van der Waals surface area contributed by atoms with Gasteiger partial charge in [0, 0.05) is 51.5 Å². The van der Waals surface area contributed by atoms with Gasteiger partial charge in [0.1, 0.15) is 0 Å². The Bertz CT molecular complexity index is 483. The third kappa shape index (κ3) is 4.86. The molecule has 24 heavy (non-hydrogen) atoms. The number of nitrogens with zero attached hydrogens (tertiary/aromatic N) is 5. The van der Waals surface area contributed by atoms with Crippen LogP contribution in [0, 0.1) is 0 Å².